The molecule has 0 aromatic heterocycles. The molecule has 0 fully saturated rings. The third-order valence-electron chi connectivity index (χ3n) is 1.89. The Hall–Kier alpha value is -1.55. The molecule has 112 valence electrons. The summed E-state index contributed by atoms with van der Waals surface area (Å²) in [5.74, 6) is -2.71. The van der Waals surface area contributed by atoms with Crippen LogP contribution in [0.5, 0.6) is 0 Å². The molecule has 0 bridgehead atoms. The van der Waals surface area contributed by atoms with Crippen molar-refractivity contribution < 1.29 is 29.3 Å². The molecule has 0 unspecified atom stereocenters. The Bertz CT molecular complexity index is 308. The number of aliphatic hydroxyl groups excluding tert-OH is 1. The fourth-order valence-electron chi connectivity index (χ4n) is 0.572. The number of hydrogen-bond donors (Lipinski definition) is 5. The van der Waals surface area contributed by atoms with E-state index in [2.05, 4.69) is 4.74 Å². The summed E-state index contributed by atoms with van der Waals surface area (Å²) in [4.78, 5) is 31.1. The first kappa shape index (κ1) is 19.8. The van der Waals surface area contributed by atoms with Crippen molar-refractivity contribution in [2.75, 3.05) is 13.2 Å². The Balaban J connectivity index is 0. The summed E-state index contributed by atoms with van der Waals surface area (Å²) in [7, 11) is 0. The van der Waals surface area contributed by atoms with E-state index in [1.54, 1.807) is 13.8 Å². The summed E-state index contributed by atoms with van der Waals surface area (Å²) >= 11 is 0. The van der Waals surface area contributed by atoms with Crippen molar-refractivity contribution in [2.45, 2.75) is 25.9 Å². The van der Waals surface area contributed by atoms with E-state index in [1.807, 2.05) is 0 Å². The average molecular weight is 279 g/mol. The number of carbonyl (C=O) groups is 3. The minimum atomic E-state index is -1.18. The Kier molecular flexibility index (Phi) is 10.8. The number of aliphatic hydroxyl groups is 1. The molecule has 19 heavy (non-hydrogen) atoms. The third-order valence-corrected chi connectivity index (χ3v) is 1.89. The van der Waals surface area contributed by atoms with Gasteiger partial charge in [0.25, 0.3) is 0 Å². The Morgan fingerprint density at radius 2 is 1.68 bits per heavy atom. The highest BCUT2D eigenvalue weighted by Crippen LogP contribution is 2.00. The first-order valence-corrected chi connectivity index (χ1v) is 5.46. The first-order chi connectivity index (χ1) is 8.67. The van der Waals surface area contributed by atoms with E-state index in [-0.39, 0.29) is 12.5 Å². The minimum Gasteiger partial charge on any atom is -0.480 e. The molecular formula is C10H21N3O6. The van der Waals surface area contributed by atoms with Gasteiger partial charge in [0.2, 0.25) is 0 Å². The second-order valence-corrected chi connectivity index (χ2v) is 3.89. The summed E-state index contributed by atoms with van der Waals surface area (Å²) < 4.78 is 4.29. The molecule has 0 saturated carbocycles. The number of aliphatic carboxylic acids is 1. The van der Waals surface area contributed by atoms with Crippen LogP contribution in [0.2, 0.25) is 0 Å². The summed E-state index contributed by atoms with van der Waals surface area (Å²) in [6, 6.07) is -1.89. The fourth-order valence-corrected chi connectivity index (χ4v) is 0.572. The molecule has 9 heteroatoms. The van der Waals surface area contributed by atoms with Crippen LogP contribution >= 0.6 is 0 Å². The second kappa shape index (κ2) is 10.4. The predicted octanol–water partition coefficient (Wildman–Crippen LogP) is -2.61. The van der Waals surface area contributed by atoms with Crippen LogP contribution in [0, 0.1) is 5.92 Å². The van der Waals surface area contributed by atoms with Gasteiger partial charge in [0.15, 0.2) is 0 Å². The Labute approximate surface area is 110 Å². The molecule has 0 spiro atoms. The van der Waals surface area contributed by atoms with Gasteiger partial charge in [-0.1, -0.05) is 13.8 Å². The zero-order valence-electron chi connectivity index (χ0n) is 10.9. The van der Waals surface area contributed by atoms with E-state index in [9.17, 15) is 14.4 Å². The van der Waals surface area contributed by atoms with E-state index >= 15 is 0 Å². The number of carboxylic acids is 1. The summed E-state index contributed by atoms with van der Waals surface area (Å²) in [5.41, 5.74) is 15.1. The first-order valence-electron chi connectivity index (χ1n) is 5.46. The monoisotopic (exact) mass is 279 g/mol. The number of carboxylic acid groups (broad SMARTS) is 1. The van der Waals surface area contributed by atoms with Gasteiger partial charge in [-0.2, -0.15) is 0 Å². The highest BCUT2D eigenvalue weighted by Gasteiger charge is 2.20. The van der Waals surface area contributed by atoms with Crippen molar-refractivity contribution in [3.63, 3.8) is 0 Å². The molecule has 2 atom stereocenters. The molecule has 0 aliphatic carbocycles. The van der Waals surface area contributed by atoms with Gasteiger partial charge in [0.1, 0.15) is 12.1 Å². The molecule has 0 aliphatic rings. The minimum absolute atomic E-state index is 0.0527. The summed E-state index contributed by atoms with van der Waals surface area (Å²) in [6.45, 7) is 2.71. The second-order valence-electron chi connectivity index (χ2n) is 3.89. The summed E-state index contributed by atoms with van der Waals surface area (Å²) in [5, 5.41) is 15.9. The van der Waals surface area contributed by atoms with Crippen molar-refractivity contribution in [1.29, 1.82) is 0 Å². The maximum absolute atomic E-state index is 10.9. The SMILES string of the molecule is CC(C)[C@H](N)C(=O)OC(=O)CN.N[C@@H](CO)C(=O)O. The molecule has 9 nitrogen and oxygen atoms in total. The standard InChI is InChI=1S/C7H14N2O3.C3H7NO3/c1-4(2)6(9)7(11)12-5(10)3-8;4-2(1-5)3(6)7/h4,6H,3,8-9H2,1-2H3;2,5H,1,4H2,(H,6,7)/t6-;2-/m00/s1. The maximum atomic E-state index is 10.9. The lowest BCUT2D eigenvalue weighted by molar-refractivity contribution is -0.160. The number of ether oxygens (including phenoxy) is 1. The van der Waals surface area contributed by atoms with Crippen LogP contribution in [0.1, 0.15) is 13.8 Å². The molecule has 0 aromatic rings. The van der Waals surface area contributed by atoms with Gasteiger partial charge in [-0.05, 0) is 5.92 Å². The van der Waals surface area contributed by atoms with Gasteiger partial charge in [-0.15, -0.1) is 0 Å². The number of nitrogens with two attached hydrogens (primary N) is 3. The van der Waals surface area contributed by atoms with Crippen LogP contribution in [0.15, 0.2) is 0 Å². The Morgan fingerprint density at radius 3 is 1.89 bits per heavy atom. The van der Waals surface area contributed by atoms with Crippen LogP contribution in [0.4, 0.5) is 0 Å². The molecule has 0 amide bonds. The molecule has 0 aliphatic heterocycles. The summed E-state index contributed by atoms with van der Waals surface area (Å²) in [6.07, 6.45) is 0. The van der Waals surface area contributed by atoms with Crippen molar-refractivity contribution in [1.82, 2.24) is 0 Å². The Morgan fingerprint density at radius 1 is 1.21 bits per heavy atom. The van der Waals surface area contributed by atoms with Crippen molar-refractivity contribution in [3.8, 4) is 0 Å². The molecule has 8 N–H and O–H groups in total. The van der Waals surface area contributed by atoms with Gasteiger partial charge in [0, 0.05) is 0 Å². The fraction of sp³-hybridized carbons (Fsp3) is 0.700. The number of esters is 2. The quantitative estimate of drug-likeness (QED) is 0.266. The van der Waals surface area contributed by atoms with Crippen LogP contribution < -0.4 is 17.2 Å². The lowest BCUT2D eigenvalue weighted by atomic mass is 10.1. The number of hydrogen-bond acceptors (Lipinski definition) is 8. The average Bonchev–Trinajstić information content (AvgIpc) is 2.36. The van der Waals surface area contributed by atoms with Crippen molar-refractivity contribution in [3.05, 3.63) is 0 Å². The van der Waals surface area contributed by atoms with E-state index < -0.39 is 36.6 Å². The van der Waals surface area contributed by atoms with Gasteiger partial charge >= 0.3 is 17.9 Å². The molecular weight excluding hydrogens is 258 g/mol. The van der Waals surface area contributed by atoms with E-state index in [1.165, 1.54) is 0 Å². The zero-order chi connectivity index (χ0) is 15.6. The maximum Gasteiger partial charge on any atom is 0.330 e. The smallest absolute Gasteiger partial charge is 0.330 e. The van der Waals surface area contributed by atoms with E-state index in [0.29, 0.717) is 0 Å². The normalized spacial score (nSPS) is 13.0. The molecule has 0 saturated heterocycles. The van der Waals surface area contributed by atoms with Crippen LogP contribution in [0.25, 0.3) is 0 Å². The molecule has 0 heterocycles. The van der Waals surface area contributed by atoms with Crippen molar-refractivity contribution >= 4 is 17.9 Å². The molecule has 0 rings (SSSR count). The van der Waals surface area contributed by atoms with Crippen LogP contribution in [-0.2, 0) is 19.1 Å². The molecule has 0 radical (unpaired) electrons. The van der Waals surface area contributed by atoms with Crippen LogP contribution in [-0.4, -0.2) is 53.4 Å². The number of rotatable bonds is 5. The van der Waals surface area contributed by atoms with Crippen LogP contribution in [0.3, 0.4) is 0 Å². The lowest BCUT2D eigenvalue weighted by Crippen LogP contribution is -2.39. The van der Waals surface area contributed by atoms with E-state index in [0.717, 1.165) is 0 Å². The lowest BCUT2D eigenvalue weighted by Gasteiger charge is -2.12. The topological polar surface area (TPSA) is 179 Å². The zero-order valence-corrected chi connectivity index (χ0v) is 10.9. The highest BCUT2D eigenvalue weighted by atomic mass is 16.6. The van der Waals surface area contributed by atoms with Gasteiger partial charge in [-0.25, -0.2) is 4.79 Å². The predicted molar refractivity (Wildman–Crippen MR) is 65.7 cm³/mol. The molecule has 0 aromatic carbocycles. The van der Waals surface area contributed by atoms with Gasteiger partial charge < -0.3 is 32.2 Å². The van der Waals surface area contributed by atoms with Gasteiger partial charge in [0.05, 0.1) is 13.2 Å². The number of carbonyl (C=O) groups excluding carboxylic acids is 2. The van der Waals surface area contributed by atoms with Gasteiger partial charge in [-0.3, -0.25) is 9.59 Å². The van der Waals surface area contributed by atoms with E-state index in [4.69, 9.17) is 27.4 Å². The third kappa shape index (κ3) is 10.1. The largest absolute Gasteiger partial charge is 0.480 e. The van der Waals surface area contributed by atoms with Crippen molar-refractivity contribution in [2.24, 2.45) is 23.1 Å². The highest BCUT2D eigenvalue weighted by molar-refractivity contribution is 5.89.